The van der Waals surface area contributed by atoms with Crippen molar-refractivity contribution in [3.8, 4) is 0 Å². The smallest absolute Gasteiger partial charge is 0.0443 e. The summed E-state index contributed by atoms with van der Waals surface area (Å²) < 4.78 is 0. The van der Waals surface area contributed by atoms with E-state index in [1.807, 2.05) is 0 Å². The van der Waals surface area contributed by atoms with Crippen molar-refractivity contribution in [3.63, 3.8) is 0 Å². The Labute approximate surface area is 111 Å². The number of rotatable bonds is 0. The van der Waals surface area contributed by atoms with Gasteiger partial charge in [0, 0.05) is 0 Å². The molecule has 0 aromatic carbocycles. The molecule has 17 heavy (non-hydrogen) atoms. The molecule has 0 radical (unpaired) electrons. The Morgan fingerprint density at radius 1 is 0.588 bits per heavy atom. The van der Waals surface area contributed by atoms with Crippen molar-refractivity contribution in [2.24, 2.45) is 11.8 Å². The molecular weight excluding hydrogens is 204 g/mol. The van der Waals surface area contributed by atoms with E-state index < -0.39 is 0 Å². The van der Waals surface area contributed by atoms with E-state index >= 15 is 0 Å². The van der Waals surface area contributed by atoms with E-state index in [9.17, 15) is 0 Å². The lowest BCUT2D eigenvalue weighted by Crippen LogP contribution is -1.99. The van der Waals surface area contributed by atoms with Crippen LogP contribution in [0.3, 0.4) is 0 Å². The Hall–Kier alpha value is 0. The van der Waals surface area contributed by atoms with Crippen molar-refractivity contribution in [3.05, 3.63) is 0 Å². The Bertz CT molecular complexity index is 111. The van der Waals surface area contributed by atoms with E-state index in [1.165, 1.54) is 70.6 Å². The highest BCUT2D eigenvalue weighted by molar-refractivity contribution is 4.60. The minimum absolute atomic E-state index is 1.04. The van der Waals surface area contributed by atoms with Gasteiger partial charge in [0.15, 0.2) is 0 Å². The van der Waals surface area contributed by atoms with Gasteiger partial charge in [-0.2, -0.15) is 0 Å². The maximum Gasteiger partial charge on any atom is -0.0443 e. The summed E-state index contributed by atoms with van der Waals surface area (Å²) in [5.74, 6) is 2.07. The van der Waals surface area contributed by atoms with Crippen LogP contribution in [0.15, 0.2) is 0 Å². The Balaban J connectivity index is 0.000000247. The zero-order valence-electron chi connectivity index (χ0n) is 12.9. The molecule has 0 nitrogen and oxygen atoms in total. The van der Waals surface area contributed by atoms with Gasteiger partial charge >= 0.3 is 0 Å². The Morgan fingerprint density at radius 2 is 0.824 bits per heavy atom. The summed E-state index contributed by atoms with van der Waals surface area (Å²) >= 11 is 0. The lowest BCUT2D eigenvalue weighted by Gasteiger charge is -2.15. The molecule has 2 aliphatic rings. The zero-order chi connectivity index (χ0) is 12.9. The maximum atomic E-state index is 2.36. The predicted octanol–water partition coefficient (Wildman–Crippen LogP) is 6.59. The topological polar surface area (TPSA) is 0 Å². The van der Waals surface area contributed by atoms with Crippen molar-refractivity contribution >= 4 is 0 Å². The highest BCUT2D eigenvalue weighted by atomic mass is 14.1. The van der Waals surface area contributed by atoms with Gasteiger partial charge in [0.2, 0.25) is 0 Å². The highest BCUT2D eigenvalue weighted by Gasteiger charge is 2.06. The fraction of sp³-hybridized carbons (Fsp3) is 1.00. The van der Waals surface area contributed by atoms with Crippen molar-refractivity contribution in [2.75, 3.05) is 0 Å². The van der Waals surface area contributed by atoms with E-state index in [0.29, 0.717) is 0 Å². The largest absolute Gasteiger partial charge is 0.0656 e. The molecule has 0 saturated heterocycles. The van der Waals surface area contributed by atoms with Gasteiger partial charge in [-0.1, -0.05) is 98.3 Å². The third-order valence-electron chi connectivity index (χ3n) is 3.79. The summed E-state index contributed by atoms with van der Waals surface area (Å²) in [7, 11) is 0. The second-order valence-electron chi connectivity index (χ2n) is 6.19. The molecule has 2 fully saturated rings. The molecule has 0 unspecified atom stereocenters. The fourth-order valence-electron chi connectivity index (χ4n) is 2.61. The van der Waals surface area contributed by atoms with Crippen LogP contribution in [0, 0.1) is 11.8 Å². The molecule has 104 valence electrons. The molecule has 0 bridgehead atoms. The standard InChI is InChI=1S/2C7H14.C3H8/c2*1-7-5-3-2-4-6-7;1-3-2/h2*7H,2-6H2,1H3;3H2,1-2H3. The first kappa shape index (κ1) is 17.0. The predicted molar refractivity (Wildman–Crippen MR) is 80.5 cm³/mol. The summed E-state index contributed by atoms with van der Waals surface area (Å²) in [4.78, 5) is 0. The first-order chi connectivity index (χ1) is 8.20. The number of hydrogen-bond donors (Lipinski definition) is 0. The van der Waals surface area contributed by atoms with Crippen molar-refractivity contribution < 1.29 is 0 Å². The minimum Gasteiger partial charge on any atom is -0.0656 e. The van der Waals surface area contributed by atoms with Crippen LogP contribution in [-0.2, 0) is 0 Å². The third-order valence-corrected chi connectivity index (χ3v) is 3.79. The molecule has 2 rings (SSSR count). The van der Waals surface area contributed by atoms with E-state index in [0.717, 1.165) is 11.8 Å². The Morgan fingerprint density at radius 3 is 0.941 bits per heavy atom. The third kappa shape index (κ3) is 12.2. The van der Waals surface area contributed by atoms with Gasteiger partial charge in [-0.15, -0.1) is 0 Å². The van der Waals surface area contributed by atoms with Gasteiger partial charge in [-0.25, -0.2) is 0 Å². The van der Waals surface area contributed by atoms with Crippen LogP contribution in [0.4, 0.5) is 0 Å². The van der Waals surface area contributed by atoms with Gasteiger partial charge in [-0.05, 0) is 11.8 Å². The summed E-state index contributed by atoms with van der Waals surface area (Å²) in [6, 6.07) is 0. The molecule has 0 spiro atoms. The summed E-state index contributed by atoms with van der Waals surface area (Å²) in [5.41, 5.74) is 0. The molecule has 2 saturated carbocycles. The van der Waals surface area contributed by atoms with Gasteiger partial charge in [0.05, 0.1) is 0 Å². The summed E-state index contributed by atoms with van der Waals surface area (Å²) in [6.45, 7) is 8.97. The quantitative estimate of drug-likeness (QED) is 0.448. The monoisotopic (exact) mass is 240 g/mol. The van der Waals surface area contributed by atoms with Crippen LogP contribution in [0.1, 0.15) is 98.3 Å². The molecule has 0 aliphatic heterocycles. The lowest BCUT2D eigenvalue weighted by atomic mass is 9.91. The minimum atomic E-state index is 1.04. The SMILES string of the molecule is CC1CCCCC1.CC1CCCCC1.CCC. The molecule has 0 heteroatoms. The second kappa shape index (κ2) is 12.5. The van der Waals surface area contributed by atoms with E-state index in [4.69, 9.17) is 0 Å². The highest BCUT2D eigenvalue weighted by Crippen LogP contribution is 2.22. The zero-order valence-corrected chi connectivity index (χ0v) is 12.9. The lowest BCUT2D eigenvalue weighted by molar-refractivity contribution is 0.385. The second-order valence-corrected chi connectivity index (χ2v) is 6.19. The van der Waals surface area contributed by atoms with Crippen LogP contribution in [-0.4, -0.2) is 0 Å². The Kier molecular flexibility index (Phi) is 12.5. The molecule has 2 aliphatic carbocycles. The first-order valence-corrected chi connectivity index (χ1v) is 8.20. The fourth-order valence-corrected chi connectivity index (χ4v) is 2.61. The van der Waals surface area contributed by atoms with E-state index in [1.54, 1.807) is 0 Å². The van der Waals surface area contributed by atoms with Crippen molar-refractivity contribution in [1.82, 2.24) is 0 Å². The van der Waals surface area contributed by atoms with Crippen LogP contribution in [0.5, 0.6) is 0 Å². The average molecular weight is 240 g/mol. The molecule has 0 aromatic rings. The van der Waals surface area contributed by atoms with Gasteiger partial charge < -0.3 is 0 Å². The number of hydrogen-bond acceptors (Lipinski definition) is 0. The van der Waals surface area contributed by atoms with Gasteiger partial charge in [0.25, 0.3) is 0 Å². The van der Waals surface area contributed by atoms with Crippen LogP contribution < -0.4 is 0 Å². The average Bonchev–Trinajstić information content (AvgIpc) is 2.33. The molecule has 0 N–H and O–H groups in total. The molecule has 0 heterocycles. The maximum absolute atomic E-state index is 2.36. The van der Waals surface area contributed by atoms with Crippen LogP contribution in [0.2, 0.25) is 0 Å². The normalized spacial score (nSPS) is 21.9. The van der Waals surface area contributed by atoms with E-state index in [2.05, 4.69) is 27.7 Å². The molecule has 0 amide bonds. The van der Waals surface area contributed by atoms with Crippen LogP contribution in [0.25, 0.3) is 0 Å². The van der Waals surface area contributed by atoms with Crippen molar-refractivity contribution in [1.29, 1.82) is 0 Å². The van der Waals surface area contributed by atoms with Gasteiger partial charge in [0.1, 0.15) is 0 Å². The van der Waals surface area contributed by atoms with Crippen LogP contribution >= 0.6 is 0 Å². The first-order valence-electron chi connectivity index (χ1n) is 8.20. The van der Waals surface area contributed by atoms with E-state index in [-0.39, 0.29) is 0 Å². The molecule has 0 atom stereocenters. The molecule has 0 aromatic heterocycles. The van der Waals surface area contributed by atoms with Crippen molar-refractivity contribution in [2.45, 2.75) is 98.3 Å². The molecular formula is C17H36. The van der Waals surface area contributed by atoms with Gasteiger partial charge in [-0.3, -0.25) is 0 Å². The summed E-state index contributed by atoms with van der Waals surface area (Å²) in [5, 5.41) is 0. The summed E-state index contributed by atoms with van der Waals surface area (Å²) in [6.07, 6.45) is 16.1.